The SMILES string of the molecule is COc1cc2c(cc1C)OC[C@H]1Oc3c(ccc(O)c3C/C=C(/C)CBr)C(=O)[C@@H]21. The number of fused-ring (bicyclic) bond motifs is 4. The fourth-order valence-electron chi connectivity index (χ4n) is 3.94. The number of methoxy groups -OCH3 is 1. The van der Waals surface area contributed by atoms with Crippen LogP contribution in [0, 0.1) is 6.92 Å². The Morgan fingerprint density at radius 2 is 2.17 bits per heavy atom. The number of benzene rings is 2. The van der Waals surface area contributed by atoms with E-state index in [0.717, 1.165) is 22.0 Å². The second kappa shape index (κ2) is 7.75. The number of phenols is 1. The van der Waals surface area contributed by atoms with Gasteiger partial charge in [-0.05, 0) is 50.1 Å². The summed E-state index contributed by atoms with van der Waals surface area (Å²) in [5, 5.41) is 11.2. The first-order valence-corrected chi connectivity index (χ1v) is 10.6. The Labute approximate surface area is 178 Å². The highest BCUT2D eigenvalue weighted by atomic mass is 79.9. The van der Waals surface area contributed by atoms with Crippen LogP contribution in [0.25, 0.3) is 0 Å². The molecule has 2 aromatic rings. The van der Waals surface area contributed by atoms with E-state index in [4.69, 9.17) is 14.2 Å². The van der Waals surface area contributed by atoms with E-state index < -0.39 is 12.0 Å². The molecule has 0 bridgehead atoms. The Balaban J connectivity index is 1.79. The van der Waals surface area contributed by atoms with E-state index in [1.807, 2.05) is 32.1 Å². The summed E-state index contributed by atoms with van der Waals surface area (Å²) >= 11 is 3.43. The summed E-state index contributed by atoms with van der Waals surface area (Å²) < 4.78 is 17.6. The molecule has 29 heavy (non-hydrogen) atoms. The number of phenolic OH excluding ortho intramolecular Hbond substituents is 1. The van der Waals surface area contributed by atoms with Gasteiger partial charge >= 0.3 is 0 Å². The van der Waals surface area contributed by atoms with Gasteiger partial charge in [0.15, 0.2) is 5.78 Å². The first-order chi connectivity index (χ1) is 13.9. The van der Waals surface area contributed by atoms with Gasteiger partial charge in [-0.25, -0.2) is 0 Å². The van der Waals surface area contributed by atoms with Gasteiger partial charge in [0, 0.05) is 16.5 Å². The molecule has 152 valence electrons. The molecule has 1 N–H and O–H groups in total. The molecule has 0 aromatic heterocycles. The average molecular weight is 459 g/mol. The van der Waals surface area contributed by atoms with E-state index in [1.54, 1.807) is 19.2 Å². The summed E-state index contributed by atoms with van der Waals surface area (Å²) in [7, 11) is 1.61. The van der Waals surface area contributed by atoms with Crippen molar-refractivity contribution in [3.05, 3.63) is 58.2 Å². The molecule has 0 saturated carbocycles. The van der Waals surface area contributed by atoms with E-state index in [0.29, 0.717) is 34.8 Å². The van der Waals surface area contributed by atoms with E-state index in [9.17, 15) is 9.90 Å². The summed E-state index contributed by atoms with van der Waals surface area (Å²) in [6.07, 6.45) is 2.06. The summed E-state index contributed by atoms with van der Waals surface area (Å²) in [5.41, 5.74) is 4.00. The third-order valence-electron chi connectivity index (χ3n) is 5.56. The standard InChI is InChI=1S/C23H23BrO5/c1-12(10-24)4-5-14-17(25)7-6-15-22(26)21-16-9-18(27-3)13(2)8-19(16)28-11-20(21)29-23(14)15/h4,6-9,20-21,25H,5,10-11H2,1-3H3/b12-4-/t20-,21+/m1/s1. The van der Waals surface area contributed by atoms with Gasteiger partial charge in [0.1, 0.15) is 35.7 Å². The van der Waals surface area contributed by atoms with Gasteiger partial charge < -0.3 is 19.3 Å². The molecule has 0 spiro atoms. The zero-order valence-corrected chi connectivity index (χ0v) is 18.2. The molecular formula is C23H23BrO5. The molecule has 0 fully saturated rings. The van der Waals surface area contributed by atoms with Crippen molar-refractivity contribution in [2.24, 2.45) is 0 Å². The molecule has 0 saturated heterocycles. The Morgan fingerprint density at radius 1 is 1.38 bits per heavy atom. The minimum atomic E-state index is -0.460. The molecule has 5 nitrogen and oxygen atoms in total. The van der Waals surface area contributed by atoms with E-state index in [-0.39, 0.29) is 18.1 Å². The van der Waals surface area contributed by atoms with Crippen LogP contribution in [0.2, 0.25) is 0 Å². The van der Waals surface area contributed by atoms with Crippen LogP contribution in [0.3, 0.4) is 0 Å². The first kappa shape index (κ1) is 19.8. The number of hydrogen-bond acceptors (Lipinski definition) is 5. The number of Topliss-reactive ketones (excluding diaryl/α,β-unsaturated/α-hetero) is 1. The zero-order valence-electron chi connectivity index (χ0n) is 16.6. The summed E-state index contributed by atoms with van der Waals surface area (Å²) in [4.78, 5) is 13.5. The predicted octanol–water partition coefficient (Wildman–Crippen LogP) is 4.71. The Hall–Kier alpha value is -2.47. The van der Waals surface area contributed by atoms with E-state index >= 15 is 0 Å². The van der Waals surface area contributed by atoms with Crippen LogP contribution in [0.1, 0.15) is 39.9 Å². The maximum absolute atomic E-state index is 13.5. The number of ether oxygens (including phenoxy) is 3. The van der Waals surface area contributed by atoms with Crippen LogP contribution in [0.15, 0.2) is 35.9 Å². The number of ketones is 1. The van der Waals surface area contributed by atoms with Crippen LogP contribution < -0.4 is 14.2 Å². The third-order valence-corrected chi connectivity index (χ3v) is 6.44. The summed E-state index contributed by atoms with van der Waals surface area (Å²) in [5.74, 6) is 1.52. The number of aromatic hydroxyl groups is 1. The van der Waals surface area contributed by atoms with Crippen LogP contribution in [-0.2, 0) is 6.42 Å². The van der Waals surface area contributed by atoms with E-state index in [2.05, 4.69) is 15.9 Å². The molecule has 0 aliphatic carbocycles. The van der Waals surface area contributed by atoms with Gasteiger partial charge in [0.25, 0.3) is 0 Å². The first-order valence-electron chi connectivity index (χ1n) is 9.53. The molecule has 0 radical (unpaired) electrons. The average Bonchev–Trinajstić information content (AvgIpc) is 2.72. The maximum atomic E-state index is 13.5. The lowest BCUT2D eigenvalue weighted by Gasteiger charge is -2.38. The monoisotopic (exact) mass is 458 g/mol. The largest absolute Gasteiger partial charge is 0.508 e. The van der Waals surface area contributed by atoms with Crippen molar-refractivity contribution < 1.29 is 24.1 Å². The number of allylic oxidation sites excluding steroid dienone is 2. The molecule has 4 rings (SSSR count). The van der Waals surface area contributed by atoms with E-state index in [1.165, 1.54) is 0 Å². The topological polar surface area (TPSA) is 65.0 Å². The van der Waals surface area contributed by atoms with Crippen molar-refractivity contribution in [2.75, 3.05) is 19.0 Å². The van der Waals surface area contributed by atoms with Gasteiger partial charge in [-0.3, -0.25) is 4.79 Å². The Morgan fingerprint density at radius 3 is 2.90 bits per heavy atom. The lowest BCUT2D eigenvalue weighted by Crippen LogP contribution is -2.43. The van der Waals surface area contributed by atoms with Gasteiger partial charge in [-0.1, -0.05) is 27.6 Å². The van der Waals surface area contributed by atoms with Gasteiger partial charge in [0.05, 0.1) is 18.6 Å². The highest BCUT2D eigenvalue weighted by Crippen LogP contribution is 2.47. The number of carbonyl (C=O) groups is 1. The number of carbonyl (C=O) groups excluding carboxylic acids is 1. The zero-order chi connectivity index (χ0) is 20.7. The van der Waals surface area contributed by atoms with Gasteiger partial charge in [-0.15, -0.1) is 0 Å². The van der Waals surface area contributed by atoms with Crippen LogP contribution >= 0.6 is 15.9 Å². The molecule has 2 aliphatic heterocycles. The summed E-state index contributed by atoms with van der Waals surface area (Å²) in [6.45, 7) is 4.23. The van der Waals surface area contributed by atoms with Crippen molar-refractivity contribution in [1.82, 2.24) is 0 Å². The molecule has 2 heterocycles. The minimum absolute atomic E-state index is 0.0193. The second-order valence-electron chi connectivity index (χ2n) is 7.50. The fraction of sp³-hybridized carbons (Fsp3) is 0.348. The highest BCUT2D eigenvalue weighted by molar-refractivity contribution is 9.09. The Kier molecular flexibility index (Phi) is 5.30. The van der Waals surface area contributed by atoms with Crippen molar-refractivity contribution in [3.8, 4) is 23.0 Å². The van der Waals surface area contributed by atoms with Crippen LogP contribution in [-0.4, -0.2) is 36.0 Å². The van der Waals surface area contributed by atoms with Crippen molar-refractivity contribution in [1.29, 1.82) is 0 Å². The third kappa shape index (κ3) is 3.39. The normalized spacial score (nSPS) is 20.1. The Bertz CT molecular complexity index is 1010. The number of aryl methyl sites for hydroxylation is 1. The molecule has 2 aromatic carbocycles. The lowest BCUT2D eigenvalue weighted by atomic mass is 9.81. The lowest BCUT2D eigenvalue weighted by molar-refractivity contribution is 0.0554. The quantitative estimate of drug-likeness (QED) is 0.530. The number of halogens is 1. The molecule has 2 atom stereocenters. The van der Waals surface area contributed by atoms with Crippen LogP contribution in [0.4, 0.5) is 0 Å². The molecule has 2 aliphatic rings. The smallest absolute Gasteiger partial charge is 0.178 e. The maximum Gasteiger partial charge on any atom is 0.178 e. The van der Waals surface area contributed by atoms with Gasteiger partial charge in [0.2, 0.25) is 0 Å². The predicted molar refractivity (Wildman–Crippen MR) is 114 cm³/mol. The molecule has 0 unspecified atom stereocenters. The molecule has 6 heteroatoms. The highest BCUT2D eigenvalue weighted by Gasteiger charge is 2.44. The summed E-state index contributed by atoms with van der Waals surface area (Å²) in [6, 6.07) is 7.00. The number of rotatable bonds is 4. The van der Waals surface area contributed by atoms with Crippen molar-refractivity contribution >= 4 is 21.7 Å². The second-order valence-corrected chi connectivity index (χ2v) is 8.06. The fourth-order valence-corrected chi connectivity index (χ4v) is 4.17. The van der Waals surface area contributed by atoms with Crippen LogP contribution in [0.5, 0.6) is 23.0 Å². The molecule has 0 amide bonds. The number of hydrogen-bond donors (Lipinski definition) is 1. The minimum Gasteiger partial charge on any atom is -0.508 e. The van der Waals surface area contributed by atoms with Crippen molar-refractivity contribution in [3.63, 3.8) is 0 Å². The van der Waals surface area contributed by atoms with Crippen molar-refractivity contribution in [2.45, 2.75) is 32.3 Å². The molecular weight excluding hydrogens is 436 g/mol. The van der Waals surface area contributed by atoms with Gasteiger partial charge in [-0.2, -0.15) is 0 Å². The number of alkyl halides is 1.